The molecule has 40 valence electrons. The molecule has 1 N–H and O–H groups in total. The average Bonchev–Trinajstić information content (AvgIpc) is 1.69. The van der Waals surface area contributed by atoms with E-state index in [-0.39, 0.29) is 5.50 Å². The van der Waals surface area contributed by atoms with Gasteiger partial charge in [0.15, 0.2) is 0 Å². The van der Waals surface area contributed by atoms with E-state index in [2.05, 4.69) is 11.4 Å². The lowest BCUT2D eigenvalue weighted by Gasteiger charge is -2.11. The van der Waals surface area contributed by atoms with Crippen molar-refractivity contribution >= 4 is 11.6 Å². The Labute approximate surface area is 48.4 Å². The minimum Gasteiger partial charge on any atom is -0.375 e. The Morgan fingerprint density at radius 1 is 1.71 bits per heavy atom. The zero-order chi connectivity index (χ0) is 5.11. The highest BCUT2D eigenvalue weighted by Crippen LogP contribution is 2.06. The Hall–Kier alpha value is -0.170. The van der Waals surface area contributed by atoms with E-state index in [9.17, 15) is 0 Å². The molecule has 0 aromatic carbocycles. The van der Waals surface area contributed by atoms with Gasteiger partial charge in [0.25, 0.3) is 0 Å². The molecule has 0 amide bonds. The highest BCUT2D eigenvalue weighted by molar-refractivity contribution is 6.20. The van der Waals surface area contributed by atoms with Gasteiger partial charge in [-0.15, -0.1) is 0 Å². The molecule has 1 aliphatic heterocycles. The number of alkyl halides is 1. The minimum atomic E-state index is 0.171. The lowest BCUT2D eigenvalue weighted by atomic mass is 10.2. The van der Waals surface area contributed by atoms with Gasteiger partial charge in [0.05, 0.1) is 0 Å². The lowest BCUT2D eigenvalue weighted by Crippen LogP contribution is -2.19. The van der Waals surface area contributed by atoms with Crippen molar-refractivity contribution in [1.82, 2.24) is 5.32 Å². The number of hydrogen-bond donors (Lipinski definition) is 1. The van der Waals surface area contributed by atoms with Gasteiger partial charge in [0, 0.05) is 0 Å². The topological polar surface area (TPSA) is 12.0 Å². The molecule has 1 rings (SSSR count). The van der Waals surface area contributed by atoms with Crippen molar-refractivity contribution in [3.05, 3.63) is 12.3 Å². The molecule has 0 saturated heterocycles. The number of allylic oxidation sites excluding steroid dienone is 1. The van der Waals surface area contributed by atoms with Crippen LogP contribution in [0.2, 0.25) is 0 Å². The first-order chi connectivity index (χ1) is 3.39. The van der Waals surface area contributed by atoms with Gasteiger partial charge in [-0.3, -0.25) is 0 Å². The molecule has 1 aliphatic rings. The summed E-state index contributed by atoms with van der Waals surface area (Å²) in [6.45, 7) is 0. The third-order valence-corrected chi connectivity index (χ3v) is 1.33. The second-order valence-corrected chi connectivity index (χ2v) is 2.14. The van der Waals surface area contributed by atoms with Crippen molar-refractivity contribution in [2.75, 3.05) is 0 Å². The standard InChI is InChI=1S/C5H8ClN/c6-5-3-1-2-4-7-5/h2,4-5,7H,1,3H2. The minimum absolute atomic E-state index is 0.171. The molecule has 0 spiro atoms. The van der Waals surface area contributed by atoms with Gasteiger partial charge in [-0.25, -0.2) is 0 Å². The third kappa shape index (κ3) is 1.39. The van der Waals surface area contributed by atoms with Crippen LogP contribution in [0, 0.1) is 0 Å². The van der Waals surface area contributed by atoms with Crippen LogP contribution in [0.15, 0.2) is 12.3 Å². The van der Waals surface area contributed by atoms with Crippen LogP contribution in [0.4, 0.5) is 0 Å². The summed E-state index contributed by atoms with van der Waals surface area (Å²) in [5.74, 6) is 0. The van der Waals surface area contributed by atoms with Crippen LogP contribution >= 0.6 is 11.6 Å². The molecule has 1 atom stereocenters. The van der Waals surface area contributed by atoms with Gasteiger partial charge in [0.2, 0.25) is 0 Å². The van der Waals surface area contributed by atoms with Crippen molar-refractivity contribution in [2.24, 2.45) is 0 Å². The van der Waals surface area contributed by atoms with Crippen molar-refractivity contribution in [2.45, 2.75) is 18.3 Å². The fourth-order valence-electron chi connectivity index (χ4n) is 0.582. The summed E-state index contributed by atoms with van der Waals surface area (Å²) in [7, 11) is 0. The fraction of sp³-hybridized carbons (Fsp3) is 0.600. The first-order valence-electron chi connectivity index (χ1n) is 2.45. The van der Waals surface area contributed by atoms with E-state index in [0.29, 0.717) is 0 Å². The molecule has 0 radical (unpaired) electrons. The van der Waals surface area contributed by atoms with Crippen LogP contribution in [0.25, 0.3) is 0 Å². The fourth-order valence-corrected chi connectivity index (χ4v) is 0.780. The molecule has 2 heteroatoms. The van der Waals surface area contributed by atoms with Crippen LogP contribution in [0.3, 0.4) is 0 Å². The third-order valence-electron chi connectivity index (χ3n) is 0.982. The molecule has 1 nitrogen and oxygen atoms in total. The van der Waals surface area contributed by atoms with E-state index in [1.165, 1.54) is 0 Å². The molecule has 0 saturated carbocycles. The van der Waals surface area contributed by atoms with Crippen LogP contribution in [-0.2, 0) is 0 Å². The maximum Gasteiger partial charge on any atom is 0.101 e. The Kier molecular flexibility index (Phi) is 1.58. The summed E-state index contributed by atoms with van der Waals surface area (Å²) < 4.78 is 0. The van der Waals surface area contributed by atoms with Crippen LogP contribution in [0.1, 0.15) is 12.8 Å². The van der Waals surface area contributed by atoms with E-state index in [1.54, 1.807) is 0 Å². The van der Waals surface area contributed by atoms with Crippen LogP contribution in [-0.4, -0.2) is 5.50 Å². The van der Waals surface area contributed by atoms with Gasteiger partial charge in [-0.05, 0) is 19.0 Å². The molecular formula is C5H8ClN. The van der Waals surface area contributed by atoms with Gasteiger partial charge in [-0.1, -0.05) is 17.7 Å². The highest BCUT2D eigenvalue weighted by atomic mass is 35.5. The predicted molar refractivity (Wildman–Crippen MR) is 31.2 cm³/mol. The van der Waals surface area contributed by atoms with Crippen molar-refractivity contribution in [1.29, 1.82) is 0 Å². The summed E-state index contributed by atoms with van der Waals surface area (Å²) >= 11 is 5.65. The maximum absolute atomic E-state index is 5.65. The summed E-state index contributed by atoms with van der Waals surface area (Å²) in [6.07, 6.45) is 6.15. The summed E-state index contributed by atoms with van der Waals surface area (Å²) in [5.41, 5.74) is 0.171. The van der Waals surface area contributed by atoms with Crippen molar-refractivity contribution in [3.63, 3.8) is 0 Å². The van der Waals surface area contributed by atoms with Crippen LogP contribution in [0.5, 0.6) is 0 Å². The molecule has 0 aliphatic carbocycles. The quantitative estimate of drug-likeness (QED) is 0.374. The average molecular weight is 118 g/mol. The maximum atomic E-state index is 5.65. The zero-order valence-corrected chi connectivity index (χ0v) is 4.78. The smallest absolute Gasteiger partial charge is 0.101 e. The van der Waals surface area contributed by atoms with Crippen molar-refractivity contribution < 1.29 is 0 Å². The Bertz CT molecular complexity index is 80.1. The van der Waals surface area contributed by atoms with E-state index in [1.807, 2.05) is 6.20 Å². The van der Waals surface area contributed by atoms with Gasteiger partial charge < -0.3 is 5.32 Å². The van der Waals surface area contributed by atoms with Crippen LogP contribution < -0.4 is 5.32 Å². The molecule has 0 bridgehead atoms. The number of hydrogen-bond acceptors (Lipinski definition) is 1. The molecule has 7 heavy (non-hydrogen) atoms. The summed E-state index contributed by atoms with van der Waals surface area (Å²) in [6, 6.07) is 0. The van der Waals surface area contributed by atoms with E-state index >= 15 is 0 Å². The number of nitrogens with one attached hydrogen (secondary N) is 1. The summed E-state index contributed by atoms with van der Waals surface area (Å²) in [5, 5.41) is 2.97. The van der Waals surface area contributed by atoms with E-state index in [0.717, 1.165) is 12.8 Å². The Morgan fingerprint density at radius 2 is 2.57 bits per heavy atom. The number of halogens is 1. The predicted octanol–water partition coefficient (Wildman–Crippen LogP) is 1.45. The second kappa shape index (κ2) is 2.22. The first kappa shape index (κ1) is 4.98. The highest BCUT2D eigenvalue weighted by Gasteiger charge is 2.00. The van der Waals surface area contributed by atoms with Crippen molar-refractivity contribution in [3.8, 4) is 0 Å². The van der Waals surface area contributed by atoms with E-state index < -0.39 is 0 Å². The summed E-state index contributed by atoms with van der Waals surface area (Å²) in [4.78, 5) is 0. The number of rotatable bonds is 0. The van der Waals surface area contributed by atoms with Gasteiger partial charge in [0.1, 0.15) is 5.50 Å². The van der Waals surface area contributed by atoms with E-state index in [4.69, 9.17) is 11.6 Å². The Balaban J connectivity index is 2.32. The molecule has 1 heterocycles. The van der Waals surface area contributed by atoms with Gasteiger partial charge >= 0.3 is 0 Å². The molecule has 0 aromatic rings. The zero-order valence-electron chi connectivity index (χ0n) is 4.02. The Morgan fingerprint density at radius 3 is 2.86 bits per heavy atom. The monoisotopic (exact) mass is 117 g/mol. The molecular weight excluding hydrogens is 110 g/mol. The SMILES string of the molecule is ClC1CCC=CN1. The molecule has 0 aromatic heterocycles. The first-order valence-corrected chi connectivity index (χ1v) is 2.88. The second-order valence-electron chi connectivity index (χ2n) is 1.61. The molecule has 1 unspecified atom stereocenters. The normalized spacial score (nSPS) is 29.6. The lowest BCUT2D eigenvalue weighted by molar-refractivity contribution is 0.671. The molecule has 0 fully saturated rings. The largest absolute Gasteiger partial charge is 0.375 e. The van der Waals surface area contributed by atoms with Gasteiger partial charge in [-0.2, -0.15) is 0 Å².